The fourth-order valence-electron chi connectivity index (χ4n) is 1.37. The highest BCUT2D eigenvalue weighted by atomic mass is 32.2. The second kappa shape index (κ2) is 5.88. The van der Waals surface area contributed by atoms with Gasteiger partial charge in [-0.3, -0.25) is 9.52 Å². The van der Waals surface area contributed by atoms with E-state index in [-0.39, 0.29) is 11.4 Å². The number of benzene rings is 1. The topological polar surface area (TPSA) is 75.3 Å². The van der Waals surface area contributed by atoms with E-state index in [0.29, 0.717) is 5.56 Å². The molecule has 0 atom stereocenters. The molecule has 0 saturated carbocycles. The van der Waals surface area contributed by atoms with Crippen LogP contribution >= 0.6 is 0 Å². The van der Waals surface area contributed by atoms with E-state index in [1.807, 2.05) is 0 Å². The zero-order valence-electron chi connectivity index (χ0n) is 11.0. The Bertz CT molecular complexity index is 647. The Kier molecular flexibility index (Phi) is 4.82. The largest absolute Gasteiger partial charge is 0.383 e. The van der Waals surface area contributed by atoms with Gasteiger partial charge in [0.1, 0.15) is 0 Å². The third kappa shape index (κ3) is 4.59. The van der Waals surface area contributed by atoms with Crippen molar-refractivity contribution in [3.8, 4) is 0 Å². The van der Waals surface area contributed by atoms with Crippen LogP contribution in [0.15, 0.2) is 18.2 Å². The monoisotopic (exact) mass is 328 g/mol. The van der Waals surface area contributed by atoms with Crippen molar-refractivity contribution in [1.82, 2.24) is 0 Å². The lowest BCUT2D eigenvalue weighted by molar-refractivity contribution is -0.163. The van der Waals surface area contributed by atoms with Crippen LogP contribution in [-0.2, 0) is 14.8 Å². The van der Waals surface area contributed by atoms with Crippen LogP contribution in [0.25, 0.3) is 0 Å². The minimum atomic E-state index is -4.81. The van der Waals surface area contributed by atoms with E-state index in [1.165, 1.54) is 19.1 Å². The second-order valence-corrected chi connectivity index (χ2v) is 6.03. The standard InChI is InChI=1S/C11H12F4N2O3S/c1-6-5-7(3-4-8(6)17-21(2,19)20)16-10(18)11(14,15)9(12)13/h3-5,9,17H,1-2H3,(H,16,18). The number of anilines is 2. The van der Waals surface area contributed by atoms with Gasteiger partial charge in [0.2, 0.25) is 10.0 Å². The second-order valence-electron chi connectivity index (χ2n) is 4.28. The maximum Gasteiger partial charge on any atom is 0.383 e. The summed E-state index contributed by atoms with van der Waals surface area (Å²) in [5.41, 5.74) is 0.339. The number of halogens is 4. The molecule has 0 bridgehead atoms. The van der Waals surface area contributed by atoms with Gasteiger partial charge in [-0.15, -0.1) is 0 Å². The number of rotatable bonds is 5. The number of carbonyl (C=O) groups excluding carboxylic acids is 1. The lowest BCUT2D eigenvalue weighted by Gasteiger charge is -2.16. The SMILES string of the molecule is Cc1cc(NC(=O)C(F)(F)C(F)F)ccc1NS(C)(=O)=O. The van der Waals surface area contributed by atoms with Crippen LogP contribution < -0.4 is 10.0 Å². The molecular weight excluding hydrogens is 316 g/mol. The summed E-state index contributed by atoms with van der Waals surface area (Å²) in [7, 11) is -3.53. The molecule has 2 N–H and O–H groups in total. The summed E-state index contributed by atoms with van der Waals surface area (Å²) < 4.78 is 73.9. The van der Waals surface area contributed by atoms with Crippen LogP contribution in [-0.4, -0.2) is 32.9 Å². The molecule has 5 nitrogen and oxygen atoms in total. The molecule has 0 unspecified atom stereocenters. The van der Waals surface area contributed by atoms with Gasteiger partial charge in [-0.2, -0.15) is 8.78 Å². The van der Waals surface area contributed by atoms with Gasteiger partial charge in [-0.25, -0.2) is 17.2 Å². The van der Waals surface area contributed by atoms with Crippen molar-refractivity contribution in [3.63, 3.8) is 0 Å². The van der Waals surface area contributed by atoms with Crippen LogP contribution in [0.2, 0.25) is 0 Å². The Labute approximate surface area is 118 Å². The van der Waals surface area contributed by atoms with E-state index in [4.69, 9.17) is 0 Å². The highest BCUT2D eigenvalue weighted by molar-refractivity contribution is 7.92. The summed E-state index contributed by atoms with van der Waals surface area (Å²) in [5, 5.41) is 1.65. The minimum absolute atomic E-state index is 0.156. The first kappa shape index (κ1) is 17.2. The van der Waals surface area contributed by atoms with Crippen molar-refractivity contribution in [2.24, 2.45) is 0 Å². The summed E-state index contributed by atoms with van der Waals surface area (Å²) in [6, 6.07) is 3.50. The highest BCUT2D eigenvalue weighted by Crippen LogP contribution is 2.26. The van der Waals surface area contributed by atoms with Gasteiger partial charge >= 0.3 is 18.3 Å². The highest BCUT2D eigenvalue weighted by Gasteiger charge is 2.48. The normalized spacial score (nSPS) is 12.3. The molecule has 1 rings (SSSR count). The van der Waals surface area contributed by atoms with E-state index in [9.17, 15) is 30.8 Å². The fourth-order valence-corrected chi connectivity index (χ4v) is 2.00. The van der Waals surface area contributed by atoms with E-state index < -0.39 is 28.3 Å². The Morgan fingerprint density at radius 2 is 1.86 bits per heavy atom. The Morgan fingerprint density at radius 3 is 2.29 bits per heavy atom. The van der Waals surface area contributed by atoms with Crippen molar-refractivity contribution in [2.75, 3.05) is 16.3 Å². The van der Waals surface area contributed by atoms with E-state index >= 15 is 0 Å². The molecule has 0 fully saturated rings. The van der Waals surface area contributed by atoms with Gasteiger partial charge in [-0.1, -0.05) is 0 Å². The zero-order valence-corrected chi connectivity index (χ0v) is 11.8. The fraction of sp³-hybridized carbons (Fsp3) is 0.364. The predicted molar refractivity (Wildman–Crippen MR) is 69.2 cm³/mol. The van der Waals surface area contributed by atoms with Crippen LogP contribution in [0.3, 0.4) is 0 Å². The average Bonchev–Trinajstić information content (AvgIpc) is 2.30. The van der Waals surface area contributed by atoms with Crippen molar-refractivity contribution in [1.29, 1.82) is 0 Å². The minimum Gasteiger partial charge on any atom is -0.321 e. The van der Waals surface area contributed by atoms with E-state index in [0.717, 1.165) is 12.3 Å². The molecule has 0 heterocycles. The van der Waals surface area contributed by atoms with Crippen LogP contribution in [0.4, 0.5) is 28.9 Å². The number of carbonyl (C=O) groups is 1. The summed E-state index contributed by atoms with van der Waals surface area (Å²) in [6.07, 6.45) is -3.20. The number of nitrogens with one attached hydrogen (secondary N) is 2. The third-order valence-corrected chi connectivity index (χ3v) is 2.95. The molecule has 0 spiro atoms. The molecule has 0 aromatic heterocycles. The molecule has 0 radical (unpaired) electrons. The number of aryl methyl sites for hydroxylation is 1. The zero-order chi connectivity index (χ0) is 16.4. The average molecular weight is 328 g/mol. The van der Waals surface area contributed by atoms with Gasteiger partial charge in [0.05, 0.1) is 11.9 Å². The molecule has 0 aliphatic carbocycles. The Hall–Kier alpha value is -1.84. The molecule has 1 aromatic rings. The van der Waals surface area contributed by atoms with E-state index in [2.05, 4.69) is 4.72 Å². The summed E-state index contributed by atoms with van der Waals surface area (Å²) >= 11 is 0. The Morgan fingerprint density at radius 1 is 1.29 bits per heavy atom. The first-order chi connectivity index (χ1) is 9.43. The Balaban J connectivity index is 2.93. The van der Waals surface area contributed by atoms with Crippen molar-refractivity contribution in [3.05, 3.63) is 23.8 Å². The third-order valence-electron chi connectivity index (χ3n) is 2.36. The van der Waals surface area contributed by atoms with E-state index in [1.54, 1.807) is 5.32 Å². The predicted octanol–water partition coefficient (Wildman–Crippen LogP) is 2.21. The van der Waals surface area contributed by atoms with Gasteiger partial charge in [0.15, 0.2) is 0 Å². The van der Waals surface area contributed by atoms with Gasteiger partial charge in [0, 0.05) is 5.69 Å². The first-order valence-electron chi connectivity index (χ1n) is 5.49. The first-order valence-corrected chi connectivity index (χ1v) is 7.38. The number of sulfonamides is 1. The van der Waals surface area contributed by atoms with Crippen LogP contribution in [0, 0.1) is 6.92 Å². The smallest absolute Gasteiger partial charge is 0.321 e. The number of amides is 1. The van der Waals surface area contributed by atoms with Crippen LogP contribution in [0.1, 0.15) is 5.56 Å². The van der Waals surface area contributed by atoms with Crippen LogP contribution in [0.5, 0.6) is 0 Å². The van der Waals surface area contributed by atoms with Gasteiger partial charge < -0.3 is 5.32 Å². The number of hydrogen-bond donors (Lipinski definition) is 2. The summed E-state index contributed by atoms with van der Waals surface area (Å²) in [4.78, 5) is 11.0. The maximum atomic E-state index is 12.8. The van der Waals surface area contributed by atoms with Crippen molar-refractivity contribution >= 4 is 27.3 Å². The van der Waals surface area contributed by atoms with Gasteiger partial charge in [0.25, 0.3) is 0 Å². The molecule has 0 aliphatic rings. The van der Waals surface area contributed by atoms with Crippen molar-refractivity contribution < 1.29 is 30.8 Å². The molecule has 118 valence electrons. The lowest BCUT2D eigenvalue weighted by atomic mass is 10.2. The number of hydrogen-bond acceptors (Lipinski definition) is 3. The molecule has 10 heteroatoms. The molecule has 0 aliphatic heterocycles. The van der Waals surface area contributed by atoms with Gasteiger partial charge in [-0.05, 0) is 30.7 Å². The quantitative estimate of drug-likeness (QED) is 0.814. The molecule has 1 aromatic carbocycles. The van der Waals surface area contributed by atoms with Crippen molar-refractivity contribution in [2.45, 2.75) is 19.3 Å². The number of alkyl halides is 4. The maximum absolute atomic E-state index is 12.8. The lowest BCUT2D eigenvalue weighted by Crippen LogP contribution is -2.41. The molecule has 1 amide bonds. The summed E-state index contributed by atoms with van der Waals surface area (Å²) in [6.45, 7) is 1.45. The molecule has 0 saturated heterocycles. The summed E-state index contributed by atoms with van der Waals surface area (Å²) in [5.74, 6) is -6.95. The molecular formula is C11H12F4N2O3S. The molecule has 21 heavy (non-hydrogen) atoms.